The van der Waals surface area contributed by atoms with Crippen LogP contribution in [0.3, 0.4) is 0 Å². The number of rotatable bonds is 3. The lowest BCUT2D eigenvalue weighted by Crippen LogP contribution is -2.18. The summed E-state index contributed by atoms with van der Waals surface area (Å²) in [6, 6.07) is 6.07. The Morgan fingerprint density at radius 1 is 1.39 bits per heavy atom. The molecule has 0 saturated carbocycles. The maximum atomic E-state index is 11.6. The molecule has 0 radical (unpaired) electrons. The van der Waals surface area contributed by atoms with E-state index in [4.69, 9.17) is 11.6 Å². The lowest BCUT2D eigenvalue weighted by atomic mass is 10.1. The molecular weight excluding hydrogens is 248 g/mol. The highest BCUT2D eigenvalue weighted by Gasteiger charge is 2.11. The molecule has 18 heavy (non-hydrogen) atoms. The van der Waals surface area contributed by atoms with Gasteiger partial charge in [-0.3, -0.25) is 4.79 Å². The molecule has 0 aromatic heterocycles. The number of nitrogens with two attached hydrogens (primary N) is 2. The van der Waals surface area contributed by atoms with Gasteiger partial charge in [-0.15, -0.1) is 0 Å². The van der Waals surface area contributed by atoms with Gasteiger partial charge in [-0.1, -0.05) is 17.8 Å². The van der Waals surface area contributed by atoms with Crippen LogP contribution in [0.2, 0.25) is 0 Å². The molecule has 5 N–H and O–H groups in total. The zero-order valence-electron chi connectivity index (χ0n) is 9.98. The summed E-state index contributed by atoms with van der Waals surface area (Å²) < 4.78 is 0. The van der Waals surface area contributed by atoms with Crippen LogP contribution in [-0.4, -0.2) is 16.8 Å². The van der Waals surface area contributed by atoms with E-state index in [-0.39, 0.29) is 16.8 Å². The van der Waals surface area contributed by atoms with Crippen LogP contribution in [-0.2, 0) is 17.6 Å². The summed E-state index contributed by atoms with van der Waals surface area (Å²) in [5.74, 6) is 5.09. The van der Waals surface area contributed by atoms with Gasteiger partial charge in [0.15, 0.2) is 5.17 Å². The average molecular weight is 264 g/mol. The molecule has 1 aromatic rings. The number of fused-ring (bicyclic) bond motifs is 1. The van der Waals surface area contributed by atoms with Crippen LogP contribution in [0.4, 0.5) is 5.69 Å². The molecule has 6 heteroatoms. The molecule has 96 valence electrons. The van der Waals surface area contributed by atoms with Crippen molar-refractivity contribution in [3.8, 4) is 0 Å². The Bertz CT molecular complexity index is 487. The summed E-state index contributed by atoms with van der Waals surface area (Å²) in [6.07, 6.45) is 3.44. The summed E-state index contributed by atoms with van der Waals surface area (Å²) in [4.78, 5) is 11.6. The number of hydrazone groups is 1. The van der Waals surface area contributed by atoms with Crippen molar-refractivity contribution in [3.63, 3.8) is 0 Å². The van der Waals surface area contributed by atoms with Gasteiger partial charge in [-0.25, -0.2) is 0 Å². The Balaban J connectivity index is 1.91. The van der Waals surface area contributed by atoms with Crippen molar-refractivity contribution in [2.45, 2.75) is 19.3 Å². The van der Waals surface area contributed by atoms with E-state index in [2.05, 4.69) is 16.5 Å². The van der Waals surface area contributed by atoms with Crippen LogP contribution in [0.5, 0.6) is 0 Å². The molecule has 0 unspecified atom stereocenters. The Morgan fingerprint density at radius 3 is 2.94 bits per heavy atom. The Morgan fingerprint density at radius 2 is 2.17 bits per heavy atom. The second-order valence-corrected chi connectivity index (χ2v) is 5.14. The van der Waals surface area contributed by atoms with Gasteiger partial charge in [0.2, 0.25) is 5.91 Å². The summed E-state index contributed by atoms with van der Waals surface area (Å²) >= 11 is 1.12. The van der Waals surface area contributed by atoms with Crippen molar-refractivity contribution < 1.29 is 4.79 Å². The maximum absolute atomic E-state index is 11.6. The second-order valence-electron chi connectivity index (χ2n) is 4.14. The molecular formula is C12H16N4OS. The van der Waals surface area contributed by atoms with Gasteiger partial charge in [0.1, 0.15) is 0 Å². The van der Waals surface area contributed by atoms with E-state index in [9.17, 15) is 4.79 Å². The number of hydrogen-bond acceptors (Lipinski definition) is 4. The van der Waals surface area contributed by atoms with Gasteiger partial charge in [-0.2, -0.15) is 5.10 Å². The van der Waals surface area contributed by atoms with Crippen molar-refractivity contribution in [2.75, 3.05) is 11.1 Å². The van der Waals surface area contributed by atoms with E-state index in [1.54, 1.807) is 0 Å². The zero-order valence-corrected chi connectivity index (χ0v) is 10.8. The fourth-order valence-electron chi connectivity index (χ4n) is 2.02. The first-order chi connectivity index (χ1) is 8.69. The van der Waals surface area contributed by atoms with Gasteiger partial charge >= 0.3 is 0 Å². The van der Waals surface area contributed by atoms with E-state index >= 15 is 0 Å². The molecule has 1 aromatic carbocycles. The van der Waals surface area contributed by atoms with Crippen molar-refractivity contribution in [3.05, 3.63) is 29.3 Å². The number of thioether (sulfide) groups is 1. The van der Waals surface area contributed by atoms with E-state index in [1.165, 1.54) is 17.5 Å². The van der Waals surface area contributed by atoms with E-state index in [1.807, 2.05) is 12.1 Å². The first kappa shape index (κ1) is 12.8. The molecule has 1 amide bonds. The van der Waals surface area contributed by atoms with Gasteiger partial charge in [0.25, 0.3) is 0 Å². The third-order valence-corrected chi connectivity index (χ3v) is 3.67. The number of benzene rings is 1. The number of amides is 1. The SMILES string of the molecule is NN=C(N)SCC(=O)Nc1ccc2c(c1)CCC2. The molecule has 0 bridgehead atoms. The van der Waals surface area contributed by atoms with Crippen molar-refractivity contribution in [1.29, 1.82) is 0 Å². The van der Waals surface area contributed by atoms with Crippen molar-refractivity contribution >= 4 is 28.5 Å². The van der Waals surface area contributed by atoms with Crippen LogP contribution >= 0.6 is 11.8 Å². The monoisotopic (exact) mass is 264 g/mol. The standard InChI is InChI=1S/C12H16N4OS/c13-12(16-14)18-7-11(17)15-10-5-4-8-2-1-3-9(8)6-10/h4-6H,1-3,7,14H2,(H2,13,16)(H,15,17). The number of nitrogens with one attached hydrogen (secondary N) is 1. The highest BCUT2D eigenvalue weighted by atomic mass is 32.2. The second kappa shape index (κ2) is 5.77. The quantitative estimate of drug-likeness (QED) is 0.329. The lowest BCUT2D eigenvalue weighted by molar-refractivity contribution is -0.113. The molecule has 0 spiro atoms. The number of amidine groups is 1. The molecule has 1 aliphatic rings. The Labute approximate surface area is 110 Å². The highest BCUT2D eigenvalue weighted by Crippen LogP contribution is 2.24. The third-order valence-electron chi connectivity index (χ3n) is 2.86. The molecule has 0 heterocycles. The van der Waals surface area contributed by atoms with Crippen LogP contribution < -0.4 is 16.9 Å². The predicted octanol–water partition coefficient (Wildman–Crippen LogP) is 1.04. The van der Waals surface area contributed by atoms with Gasteiger partial charge in [-0.05, 0) is 42.5 Å². The first-order valence-electron chi connectivity index (χ1n) is 5.77. The number of anilines is 1. The summed E-state index contributed by atoms with van der Waals surface area (Å²) in [6.45, 7) is 0. The van der Waals surface area contributed by atoms with E-state index in [0.717, 1.165) is 30.3 Å². The Kier molecular flexibility index (Phi) is 4.09. The van der Waals surface area contributed by atoms with E-state index in [0.29, 0.717) is 0 Å². The minimum absolute atomic E-state index is 0.107. The molecule has 2 rings (SSSR count). The largest absolute Gasteiger partial charge is 0.377 e. The third kappa shape index (κ3) is 3.16. The number of carbonyl (C=O) groups excluding carboxylic acids is 1. The number of carbonyl (C=O) groups is 1. The van der Waals surface area contributed by atoms with Crippen LogP contribution in [0.25, 0.3) is 0 Å². The lowest BCUT2D eigenvalue weighted by Gasteiger charge is -2.07. The van der Waals surface area contributed by atoms with Crippen LogP contribution in [0.1, 0.15) is 17.5 Å². The molecule has 5 nitrogen and oxygen atoms in total. The molecule has 1 aliphatic carbocycles. The average Bonchev–Trinajstić information content (AvgIpc) is 2.83. The zero-order chi connectivity index (χ0) is 13.0. The fraction of sp³-hybridized carbons (Fsp3) is 0.333. The highest BCUT2D eigenvalue weighted by molar-refractivity contribution is 8.14. The van der Waals surface area contributed by atoms with Crippen molar-refractivity contribution in [1.82, 2.24) is 0 Å². The smallest absolute Gasteiger partial charge is 0.234 e. The summed E-state index contributed by atoms with van der Waals surface area (Å²) in [5, 5.41) is 6.34. The molecule has 0 saturated heterocycles. The minimum Gasteiger partial charge on any atom is -0.377 e. The Hall–Kier alpha value is -1.69. The molecule has 0 aliphatic heterocycles. The first-order valence-corrected chi connectivity index (χ1v) is 6.75. The normalized spacial score (nSPS) is 14.3. The number of aryl methyl sites for hydroxylation is 2. The minimum atomic E-state index is -0.107. The fourth-order valence-corrected chi connectivity index (χ4v) is 2.45. The van der Waals surface area contributed by atoms with Crippen LogP contribution in [0, 0.1) is 0 Å². The van der Waals surface area contributed by atoms with E-state index < -0.39 is 0 Å². The summed E-state index contributed by atoms with van der Waals surface area (Å²) in [5.41, 5.74) is 8.96. The van der Waals surface area contributed by atoms with Crippen molar-refractivity contribution in [2.24, 2.45) is 16.7 Å². The van der Waals surface area contributed by atoms with Gasteiger partial charge < -0.3 is 16.9 Å². The summed E-state index contributed by atoms with van der Waals surface area (Å²) in [7, 11) is 0. The van der Waals surface area contributed by atoms with Crippen LogP contribution in [0.15, 0.2) is 23.3 Å². The van der Waals surface area contributed by atoms with Gasteiger partial charge in [0.05, 0.1) is 5.75 Å². The number of hydrogen-bond donors (Lipinski definition) is 3. The topological polar surface area (TPSA) is 93.5 Å². The van der Waals surface area contributed by atoms with Gasteiger partial charge in [0, 0.05) is 5.69 Å². The predicted molar refractivity (Wildman–Crippen MR) is 75.4 cm³/mol. The maximum Gasteiger partial charge on any atom is 0.234 e. The number of nitrogens with zero attached hydrogens (tertiary/aromatic N) is 1. The molecule has 0 fully saturated rings. The molecule has 0 atom stereocenters.